The van der Waals surface area contributed by atoms with Gasteiger partial charge in [0.15, 0.2) is 6.10 Å². The smallest absolute Gasteiger partial charge is 0.350 e. The molecule has 0 amide bonds. The summed E-state index contributed by atoms with van der Waals surface area (Å²) in [5.41, 5.74) is -1.05. The highest BCUT2D eigenvalue weighted by Crippen LogP contribution is 2.31. The first-order chi connectivity index (χ1) is 13.6. The summed E-state index contributed by atoms with van der Waals surface area (Å²) in [4.78, 5) is 52.1. The van der Waals surface area contributed by atoms with Crippen LogP contribution in [0.15, 0.2) is 23.3 Å². The van der Waals surface area contributed by atoms with Crippen LogP contribution in [0.1, 0.15) is 40.5 Å². The molecule has 0 saturated carbocycles. The Morgan fingerprint density at radius 3 is 2.66 bits per heavy atom. The van der Waals surface area contributed by atoms with Crippen LogP contribution in [0.2, 0.25) is 0 Å². The van der Waals surface area contributed by atoms with Gasteiger partial charge in [-0.3, -0.25) is 9.59 Å². The van der Waals surface area contributed by atoms with E-state index in [9.17, 15) is 19.2 Å². The van der Waals surface area contributed by atoms with E-state index in [0.717, 1.165) is 0 Å². The number of fused-ring (bicyclic) bond motifs is 2. The maximum atomic E-state index is 12.9. The minimum absolute atomic E-state index is 0.123. The fraction of sp³-hybridized carbons (Fsp3) is 0.619. The number of ether oxygens (including phenoxy) is 3. The van der Waals surface area contributed by atoms with Gasteiger partial charge in [0.2, 0.25) is 11.4 Å². The van der Waals surface area contributed by atoms with E-state index in [2.05, 4.69) is 0 Å². The van der Waals surface area contributed by atoms with Crippen LogP contribution < -0.4 is 0 Å². The summed E-state index contributed by atoms with van der Waals surface area (Å²) < 4.78 is 16.3. The van der Waals surface area contributed by atoms with Gasteiger partial charge >= 0.3 is 17.9 Å². The largest absolute Gasteiger partial charge is 0.458 e. The third-order valence-corrected chi connectivity index (χ3v) is 5.48. The molecule has 0 N–H and O–H groups in total. The van der Waals surface area contributed by atoms with Crippen LogP contribution in [0, 0.1) is 5.92 Å². The molecule has 2 heterocycles. The molecule has 2 aliphatic rings. The van der Waals surface area contributed by atoms with Crippen LogP contribution in [0.5, 0.6) is 0 Å². The number of ketones is 1. The quantitative estimate of drug-likeness (QED) is 0.367. The first-order valence-electron chi connectivity index (χ1n) is 9.73. The lowest BCUT2D eigenvalue weighted by Gasteiger charge is -2.34. The maximum absolute atomic E-state index is 12.9. The Bertz CT molecular complexity index is 754. The zero-order valence-electron chi connectivity index (χ0n) is 17.6. The van der Waals surface area contributed by atoms with Crippen molar-refractivity contribution in [3.63, 3.8) is 0 Å². The first-order valence-corrected chi connectivity index (χ1v) is 9.73. The molecular weight excluding hydrogens is 378 g/mol. The number of hydrogen-bond acceptors (Lipinski definition) is 8. The fourth-order valence-corrected chi connectivity index (χ4v) is 3.35. The maximum Gasteiger partial charge on any atom is 0.350 e. The predicted octanol–water partition coefficient (Wildman–Crippen LogP) is 1.58. The average Bonchev–Trinajstić information content (AvgIpc) is 2.65. The van der Waals surface area contributed by atoms with Crippen molar-refractivity contribution in [2.45, 2.75) is 52.2 Å². The van der Waals surface area contributed by atoms with Crippen LogP contribution in [-0.2, 0) is 33.4 Å². The Balaban J connectivity index is 2.48. The normalized spacial score (nSPS) is 33.2. The number of nitrogens with zero attached hydrogens (tertiary/aromatic N) is 1. The molecule has 8 heteroatoms. The SMILES string of the molecule is C/C=C1\C[C@H](C)[C@](C)(OC(C)=O)C(=O)OC/C2=C/CN(C)CC[C@@H](OC1=O)C2=O. The van der Waals surface area contributed by atoms with E-state index in [0.29, 0.717) is 25.1 Å². The van der Waals surface area contributed by atoms with Gasteiger partial charge in [-0.25, -0.2) is 9.59 Å². The van der Waals surface area contributed by atoms with E-state index in [4.69, 9.17) is 14.2 Å². The van der Waals surface area contributed by atoms with Gasteiger partial charge in [0.05, 0.1) is 0 Å². The second-order valence-electron chi connectivity index (χ2n) is 7.73. The number of rotatable bonds is 1. The van der Waals surface area contributed by atoms with E-state index in [1.165, 1.54) is 13.8 Å². The zero-order chi connectivity index (χ0) is 21.8. The van der Waals surface area contributed by atoms with Gasteiger partial charge in [-0.05, 0) is 27.3 Å². The topological polar surface area (TPSA) is 99.2 Å². The molecule has 0 aromatic carbocycles. The zero-order valence-corrected chi connectivity index (χ0v) is 17.6. The molecule has 160 valence electrons. The molecule has 0 radical (unpaired) electrons. The van der Waals surface area contributed by atoms with Crippen LogP contribution >= 0.6 is 0 Å². The highest BCUT2D eigenvalue weighted by Gasteiger charge is 2.45. The molecule has 3 atom stereocenters. The highest BCUT2D eigenvalue weighted by molar-refractivity contribution is 6.01. The minimum Gasteiger partial charge on any atom is -0.458 e. The van der Waals surface area contributed by atoms with Gasteiger partial charge in [0, 0.05) is 43.5 Å². The number of carbonyl (C=O) groups excluding carboxylic acids is 4. The second-order valence-corrected chi connectivity index (χ2v) is 7.73. The Hall–Kier alpha value is -2.48. The summed E-state index contributed by atoms with van der Waals surface area (Å²) in [6.07, 6.45) is 2.78. The van der Waals surface area contributed by atoms with Crippen molar-refractivity contribution in [2.75, 3.05) is 26.7 Å². The molecule has 0 aliphatic carbocycles. The Morgan fingerprint density at radius 1 is 1.34 bits per heavy atom. The van der Waals surface area contributed by atoms with E-state index in [1.54, 1.807) is 26.0 Å². The third kappa shape index (κ3) is 5.32. The summed E-state index contributed by atoms with van der Waals surface area (Å²) in [6.45, 7) is 6.83. The molecule has 2 aliphatic heterocycles. The van der Waals surface area contributed by atoms with Crippen LogP contribution in [0.4, 0.5) is 0 Å². The number of cyclic esters (lactones) is 1. The molecule has 29 heavy (non-hydrogen) atoms. The van der Waals surface area contributed by atoms with Crippen molar-refractivity contribution in [1.29, 1.82) is 0 Å². The van der Waals surface area contributed by atoms with Gasteiger partial charge < -0.3 is 19.1 Å². The first kappa shape index (κ1) is 22.8. The van der Waals surface area contributed by atoms with Gasteiger partial charge in [-0.2, -0.15) is 0 Å². The van der Waals surface area contributed by atoms with Crippen molar-refractivity contribution in [3.05, 3.63) is 23.3 Å². The number of esters is 3. The number of carbonyl (C=O) groups is 4. The van der Waals surface area contributed by atoms with Crippen LogP contribution in [0.25, 0.3) is 0 Å². The number of allylic oxidation sites excluding steroid dienone is 1. The summed E-state index contributed by atoms with van der Waals surface area (Å²) >= 11 is 0. The molecule has 0 spiro atoms. The fourth-order valence-electron chi connectivity index (χ4n) is 3.35. The molecular formula is C21H29NO7. The van der Waals surface area contributed by atoms with Gasteiger partial charge in [-0.15, -0.1) is 0 Å². The van der Waals surface area contributed by atoms with E-state index in [-0.39, 0.29) is 24.4 Å². The van der Waals surface area contributed by atoms with Gasteiger partial charge in [0.1, 0.15) is 6.61 Å². The van der Waals surface area contributed by atoms with E-state index >= 15 is 0 Å². The monoisotopic (exact) mass is 407 g/mol. The molecule has 8 nitrogen and oxygen atoms in total. The molecule has 1 fully saturated rings. The molecule has 2 rings (SSSR count). The van der Waals surface area contributed by atoms with E-state index < -0.39 is 35.5 Å². The summed E-state index contributed by atoms with van der Waals surface area (Å²) in [5.74, 6) is -2.95. The third-order valence-electron chi connectivity index (χ3n) is 5.48. The number of Topliss-reactive ketones (excluding diaryl/α,β-unsaturated/α-hetero) is 1. The van der Waals surface area contributed by atoms with Gasteiger partial charge in [0.25, 0.3) is 0 Å². The average molecular weight is 407 g/mol. The second kappa shape index (κ2) is 9.35. The van der Waals surface area contributed by atoms with Crippen molar-refractivity contribution in [3.8, 4) is 0 Å². The Kier molecular flexibility index (Phi) is 7.35. The predicted molar refractivity (Wildman–Crippen MR) is 104 cm³/mol. The van der Waals surface area contributed by atoms with Gasteiger partial charge in [-0.1, -0.05) is 19.1 Å². The lowest BCUT2D eigenvalue weighted by atomic mass is 9.84. The molecule has 1 saturated heterocycles. The summed E-state index contributed by atoms with van der Waals surface area (Å²) in [6, 6.07) is 0. The Morgan fingerprint density at radius 2 is 2.03 bits per heavy atom. The lowest BCUT2D eigenvalue weighted by molar-refractivity contribution is -0.185. The minimum atomic E-state index is -1.61. The molecule has 0 aromatic heterocycles. The number of likely N-dealkylation sites (N-methyl/N-ethyl adjacent to an activating group) is 1. The van der Waals surface area contributed by atoms with E-state index in [1.807, 2.05) is 11.9 Å². The van der Waals surface area contributed by atoms with Crippen molar-refractivity contribution >= 4 is 23.7 Å². The standard InChI is InChI=1S/C21H29NO7/c1-6-15-11-13(2)21(4,29-14(3)23)20(26)27-12-16-7-9-22(5)10-8-17(18(16)24)28-19(15)25/h6-7,13,17H,8-12H2,1-5H3/b15-6+,16-7-/t13-,17+,21-/m0/s1. The summed E-state index contributed by atoms with van der Waals surface area (Å²) in [7, 11) is 1.88. The van der Waals surface area contributed by atoms with Crippen LogP contribution in [0.3, 0.4) is 0 Å². The molecule has 0 aromatic rings. The van der Waals surface area contributed by atoms with Crippen LogP contribution in [-0.4, -0.2) is 67.0 Å². The Labute approximate surface area is 170 Å². The highest BCUT2D eigenvalue weighted by atomic mass is 16.6. The molecule has 0 unspecified atom stereocenters. The molecule has 2 bridgehead atoms. The van der Waals surface area contributed by atoms with Crippen molar-refractivity contribution < 1.29 is 33.4 Å². The number of hydrogen-bond donors (Lipinski definition) is 0. The lowest BCUT2D eigenvalue weighted by Crippen LogP contribution is -2.48. The summed E-state index contributed by atoms with van der Waals surface area (Å²) in [5, 5.41) is 0. The van der Waals surface area contributed by atoms with Crippen molar-refractivity contribution in [2.24, 2.45) is 5.92 Å². The van der Waals surface area contributed by atoms with Crippen molar-refractivity contribution in [1.82, 2.24) is 4.90 Å².